The van der Waals surface area contributed by atoms with E-state index in [9.17, 15) is 9.59 Å². The predicted octanol–water partition coefficient (Wildman–Crippen LogP) is 1.53. The van der Waals surface area contributed by atoms with Gasteiger partial charge in [-0.1, -0.05) is 30.3 Å². The Morgan fingerprint density at radius 1 is 1.14 bits per heavy atom. The summed E-state index contributed by atoms with van der Waals surface area (Å²) >= 11 is 0. The lowest BCUT2D eigenvalue weighted by Gasteiger charge is -2.27. The molecule has 5 nitrogen and oxygen atoms in total. The second-order valence-electron chi connectivity index (χ2n) is 5.31. The number of carbonyl (C=O) groups excluding carboxylic acids is 2. The Hall–Kier alpha value is -1.88. The lowest BCUT2D eigenvalue weighted by Crippen LogP contribution is -2.43. The molecule has 21 heavy (non-hydrogen) atoms. The molecule has 0 aliphatic rings. The van der Waals surface area contributed by atoms with Crippen LogP contribution in [0.15, 0.2) is 30.3 Å². The number of hydrogen-bond acceptors (Lipinski definition) is 4. The minimum Gasteiger partial charge on any atom is -0.468 e. The number of carbonyl (C=O) groups is 2. The minimum absolute atomic E-state index is 0.0172. The first-order chi connectivity index (χ1) is 9.93. The summed E-state index contributed by atoms with van der Waals surface area (Å²) < 4.78 is 4.66. The van der Waals surface area contributed by atoms with Gasteiger partial charge in [0, 0.05) is 19.6 Å². The van der Waals surface area contributed by atoms with Crippen LogP contribution in [-0.4, -0.2) is 55.0 Å². The van der Waals surface area contributed by atoms with Crippen LogP contribution >= 0.6 is 0 Å². The average Bonchev–Trinajstić information content (AvgIpc) is 2.47. The molecule has 0 saturated heterocycles. The highest BCUT2D eigenvalue weighted by atomic mass is 16.5. The van der Waals surface area contributed by atoms with Crippen molar-refractivity contribution >= 4 is 11.9 Å². The summed E-state index contributed by atoms with van der Waals surface area (Å²) in [6.45, 7) is 4.79. The highest BCUT2D eigenvalue weighted by molar-refractivity contribution is 5.79. The normalized spacial score (nSPS) is 10.8. The molecule has 1 aromatic carbocycles. The monoisotopic (exact) mass is 292 g/mol. The zero-order chi connectivity index (χ0) is 15.8. The van der Waals surface area contributed by atoms with E-state index in [1.807, 2.05) is 44.2 Å². The van der Waals surface area contributed by atoms with Crippen molar-refractivity contribution in [1.29, 1.82) is 0 Å². The smallest absolute Gasteiger partial charge is 0.319 e. The lowest BCUT2D eigenvalue weighted by molar-refractivity contribution is -0.143. The van der Waals surface area contributed by atoms with Crippen LogP contribution in [0.5, 0.6) is 0 Å². The summed E-state index contributed by atoms with van der Waals surface area (Å²) in [5, 5.41) is 0. The number of esters is 1. The highest BCUT2D eigenvalue weighted by Crippen LogP contribution is 2.05. The molecule has 0 atom stereocenters. The van der Waals surface area contributed by atoms with E-state index in [0.717, 1.165) is 5.56 Å². The van der Waals surface area contributed by atoms with Crippen molar-refractivity contribution in [2.24, 2.45) is 0 Å². The van der Waals surface area contributed by atoms with Crippen molar-refractivity contribution in [2.45, 2.75) is 26.4 Å². The van der Waals surface area contributed by atoms with Gasteiger partial charge in [0.25, 0.3) is 0 Å². The van der Waals surface area contributed by atoms with Gasteiger partial charge in [-0.15, -0.1) is 0 Å². The molecule has 0 aliphatic carbocycles. The molecule has 0 aliphatic heterocycles. The number of ether oxygens (including phenoxy) is 1. The number of amides is 1. The van der Waals surface area contributed by atoms with Crippen molar-refractivity contribution in [2.75, 3.05) is 27.2 Å². The van der Waals surface area contributed by atoms with E-state index in [4.69, 9.17) is 0 Å². The number of hydrogen-bond donors (Lipinski definition) is 0. The van der Waals surface area contributed by atoms with Crippen molar-refractivity contribution in [3.63, 3.8) is 0 Å². The van der Waals surface area contributed by atoms with Gasteiger partial charge in [0.1, 0.15) is 0 Å². The Labute approximate surface area is 126 Å². The number of methoxy groups -OCH3 is 1. The van der Waals surface area contributed by atoms with Gasteiger partial charge in [0.05, 0.1) is 20.2 Å². The number of likely N-dealkylation sites (N-methyl/N-ethyl adjacent to an activating group) is 1. The molecule has 0 radical (unpaired) electrons. The molecule has 0 unspecified atom stereocenters. The second-order valence-corrected chi connectivity index (χ2v) is 5.31. The third-order valence-electron chi connectivity index (χ3n) is 3.32. The standard InChI is InChI=1S/C16H24N2O3/c1-13(2)18(12-16(20)21-4)11-15(19)17(3)10-14-8-6-5-7-9-14/h5-9,13H,10-12H2,1-4H3. The molecule has 1 amide bonds. The Kier molecular flexibility index (Phi) is 6.88. The van der Waals surface area contributed by atoms with Gasteiger partial charge in [-0.25, -0.2) is 0 Å². The molecule has 0 N–H and O–H groups in total. The van der Waals surface area contributed by atoms with Gasteiger partial charge in [-0.2, -0.15) is 0 Å². The maximum atomic E-state index is 12.3. The van der Waals surface area contributed by atoms with E-state index in [1.165, 1.54) is 7.11 Å². The SMILES string of the molecule is COC(=O)CN(CC(=O)N(C)Cc1ccccc1)C(C)C. The molecular weight excluding hydrogens is 268 g/mol. The van der Waals surface area contributed by atoms with Gasteiger partial charge in [0.2, 0.25) is 5.91 Å². The zero-order valence-corrected chi connectivity index (χ0v) is 13.2. The summed E-state index contributed by atoms with van der Waals surface area (Å²) in [7, 11) is 3.12. The molecule has 5 heteroatoms. The molecule has 116 valence electrons. The topological polar surface area (TPSA) is 49.9 Å². The number of benzene rings is 1. The van der Waals surface area contributed by atoms with Gasteiger partial charge in [-0.3, -0.25) is 14.5 Å². The van der Waals surface area contributed by atoms with Crippen LogP contribution in [0.1, 0.15) is 19.4 Å². The van der Waals surface area contributed by atoms with E-state index in [0.29, 0.717) is 6.54 Å². The van der Waals surface area contributed by atoms with Crippen LogP contribution in [0.3, 0.4) is 0 Å². The van der Waals surface area contributed by atoms with Crippen LogP contribution in [0.2, 0.25) is 0 Å². The summed E-state index contributed by atoms with van der Waals surface area (Å²) in [5.41, 5.74) is 1.08. The molecule has 0 bridgehead atoms. The fourth-order valence-electron chi connectivity index (χ4n) is 1.89. The Morgan fingerprint density at radius 2 is 1.76 bits per heavy atom. The van der Waals surface area contributed by atoms with Crippen molar-refractivity contribution in [1.82, 2.24) is 9.80 Å². The molecule has 0 heterocycles. The van der Waals surface area contributed by atoms with E-state index in [-0.39, 0.29) is 31.0 Å². The van der Waals surface area contributed by atoms with Crippen LogP contribution in [-0.2, 0) is 20.9 Å². The Balaban J connectivity index is 2.58. The lowest BCUT2D eigenvalue weighted by atomic mass is 10.2. The van der Waals surface area contributed by atoms with Gasteiger partial charge >= 0.3 is 5.97 Å². The number of nitrogens with zero attached hydrogens (tertiary/aromatic N) is 2. The van der Waals surface area contributed by atoms with Crippen LogP contribution in [0.4, 0.5) is 0 Å². The summed E-state index contributed by atoms with van der Waals surface area (Å²) in [4.78, 5) is 27.1. The minimum atomic E-state index is -0.331. The van der Waals surface area contributed by atoms with E-state index < -0.39 is 0 Å². The van der Waals surface area contributed by atoms with E-state index in [2.05, 4.69) is 4.74 Å². The van der Waals surface area contributed by atoms with E-state index >= 15 is 0 Å². The average molecular weight is 292 g/mol. The fraction of sp³-hybridized carbons (Fsp3) is 0.500. The Bertz CT molecular complexity index is 460. The highest BCUT2D eigenvalue weighted by Gasteiger charge is 2.19. The fourth-order valence-corrected chi connectivity index (χ4v) is 1.89. The number of rotatable bonds is 7. The van der Waals surface area contributed by atoms with E-state index in [1.54, 1.807) is 16.8 Å². The predicted molar refractivity (Wildman–Crippen MR) is 81.6 cm³/mol. The Morgan fingerprint density at radius 3 is 2.29 bits per heavy atom. The first kappa shape index (κ1) is 17.2. The maximum absolute atomic E-state index is 12.3. The summed E-state index contributed by atoms with van der Waals surface area (Å²) in [5.74, 6) is -0.348. The molecule has 1 aromatic rings. The zero-order valence-electron chi connectivity index (χ0n) is 13.2. The van der Waals surface area contributed by atoms with Crippen LogP contribution in [0.25, 0.3) is 0 Å². The maximum Gasteiger partial charge on any atom is 0.319 e. The molecular formula is C16H24N2O3. The second kappa shape index (κ2) is 8.42. The molecule has 0 saturated carbocycles. The summed E-state index contributed by atoms with van der Waals surface area (Å²) in [6, 6.07) is 9.91. The molecule has 1 rings (SSSR count). The van der Waals surface area contributed by atoms with Gasteiger partial charge in [0.15, 0.2) is 0 Å². The third kappa shape index (κ3) is 5.95. The molecule has 0 spiro atoms. The van der Waals surface area contributed by atoms with Crippen molar-refractivity contribution in [3.8, 4) is 0 Å². The third-order valence-corrected chi connectivity index (χ3v) is 3.32. The van der Waals surface area contributed by atoms with Crippen LogP contribution < -0.4 is 0 Å². The largest absolute Gasteiger partial charge is 0.468 e. The van der Waals surface area contributed by atoms with Crippen molar-refractivity contribution in [3.05, 3.63) is 35.9 Å². The first-order valence-electron chi connectivity index (χ1n) is 7.02. The van der Waals surface area contributed by atoms with Crippen molar-refractivity contribution < 1.29 is 14.3 Å². The summed E-state index contributed by atoms with van der Waals surface area (Å²) in [6.07, 6.45) is 0. The molecule has 0 fully saturated rings. The molecule has 0 aromatic heterocycles. The van der Waals surface area contributed by atoms with Gasteiger partial charge < -0.3 is 9.64 Å². The quantitative estimate of drug-likeness (QED) is 0.715. The van der Waals surface area contributed by atoms with Gasteiger partial charge in [-0.05, 0) is 19.4 Å². The first-order valence-corrected chi connectivity index (χ1v) is 7.02. The van der Waals surface area contributed by atoms with Crippen LogP contribution in [0, 0.1) is 0 Å².